The van der Waals surface area contributed by atoms with Crippen molar-refractivity contribution in [2.75, 3.05) is 20.8 Å². The number of ether oxygens (including phenoxy) is 2. The van der Waals surface area contributed by atoms with Crippen LogP contribution >= 0.6 is 23.2 Å². The van der Waals surface area contributed by atoms with Crippen molar-refractivity contribution in [1.29, 1.82) is 0 Å². The van der Waals surface area contributed by atoms with Crippen molar-refractivity contribution in [1.82, 2.24) is 4.90 Å². The minimum absolute atomic E-state index is 0.718. The molecule has 0 fully saturated rings. The van der Waals surface area contributed by atoms with Crippen LogP contribution in [0.25, 0.3) is 0 Å². The molecule has 0 saturated heterocycles. The molecule has 0 amide bonds. The Morgan fingerprint density at radius 3 is 2.22 bits per heavy atom. The Morgan fingerprint density at radius 2 is 1.61 bits per heavy atom. The molecule has 0 bridgehead atoms. The van der Waals surface area contributed by atoms with E-state index in [9.17, 15) is 0 Å². The van der Waals surface area contributed by atoms with Gasteiger partial charge in [0.25, 0.3) is 0 Å². The van der Waals surface area contributed by atoms with Crippen LogP contribution in [0, 0.1) is 0 Å². The van der Waals surface area contributed by atoms with Gasteiger partial charge in [-0.1, -0.05) is 29.3 Å². The summed E-state index contributed by atoms with van der Waals surface area (Å²) >= 11 is 12.6. The molecule has 0 unspecified atom stereocenters. The molecule has 0 radical (unpaired) electrons. The fourth-order valence-electron chi connectivity index (χ4n) is 2.98. The van der Waals surface area contributed by atoms with E-state index in [4.69, 9.17) is 32.7 Å². The lowest BCUT2D eigenvalue weighted by atomic mass is 9.98. The van der Waals surface area contributed by atoms with Gasteiger partial charge in [-0.2, -0.15) is 0 Å². The van der Waals surface area contributed by atoms with Crippen LogP contribution in [0.4, 0.5) is 0 Å². The standard InChI is InChI=1S/C18H19Cl2NO2/c1-22-17-8-12-6-7-21(10-13(12)9-18(17)23-2)11-14-15(19)4-3-5-16(14)20/h3-5,8-9H,6-7,10-11H2,1-2H3. The van der Waals surface area contributed by atoms with Crippen molar-refractivity contribution < 1.29 is 9.47 Å². The third kappa shape index (κ3) is 3.42. The molecule has 0 atom stereocenters. The van der Waals surface area contributed by atoms with Gasteiger partial charge in [0.2, 0.25) is 0 Å². The second-order valence-electron chi connectivity index (χ2n) is 5.64. The van der Waals surface area contributed by atoms with Gasteiger partial charge in [-0.25, -0.2) is 0 Å². The third-order valence-electron chi connectivity index (χ3n) is 4.24. The molecule has 0 aromatic heterocycles. The van der Waals surface area contributed by atoms with Gasteiger partial charge < -0.3 is 9.47 Å². The lowest BCUT2D eigenvalue weighted by Crippen LogP contribution is -2.30. The van der Waals surface area contributed by atoms with Crippen molar-refractivity contribution in [3.8, 4) is 11.5 Å². The van der Waals surface area contributed by atoms with E-state index in [2.05, 4.69) is 17.0 Å². The van der Waals surface area contributed by atoms with Crippen LogP contribution in [0.3, 0.4) is 0 Å². The molecule has 0 spiro atoms. The van der Waals surface area contributed by atoms with Crippen molar-refractivity contribution in [3.05, 3.63) is 57.1 Å². The zero-order valence-electron chi connectivity index (χ0n) is 13.2. The maximum absolute atomic E-state index is 6.29. The van der Waals surface area contributed by atoms with Crippen LogP contribution in [-0.2, 0) is 19.5 Å². The molecular formula is C18H19Cl2NO2. The molecular weight excluding hydrogens is 333 g/mol. The minimum atomic E-state index is 0.718. The van der Waals surface area contributed by atoms with E-state index in [-0.39, 0.29) is 0 Å². The maximum Gasteiger partial charge on any atom is 0.161 e. The molecule has 1 heterocycles. The largest absolute Gasteiger partial charge is 0.493 e. The first kappa shape index (κ1) is 16.4. The van der Waals surface area contributed by atoms with Crippen molar-refractivity contribution in [3.63, 3.8) is 0 Å². The van der Waals surface area contributed by atoms with E-state index in [1.54, 1.807) is 14.2 Å². The number of hydrogen-bond donors (Lipinski definition) is 0. The van der Waals surface area contributed by atoms with Gasteiger partial charge in [-0.3, -0.25) is 4.90 Å². The van der Waals surface area contributed by atoms with E-state index in [1.807, 2.05) is 18.2 Å². The molecule has 0 N–H and O–H groups in total. The highest BCUT2D eigenvalue weighted by Crippen LogP contribution is 2.34. The zero-order chi connectivity index (χ0) is 16.4. The molecule has 1 aliphatic rings. The summed E-state index contributed by atoms with van der Waals surface area (Å²) in [6, 6.07) is 9.78. The first-order chi connectivity index (χ1) is 11.1. The van der Waals surface area contributed by atoms with Crippen molar-refractivity contribution in [2.45, 2.75) is 19.5 Å². The lowest BCUT2D eigenvalue weighted by molar-refractivity contribution is 0.244. The number of halogens is 2. The van der Waals surface area contributed by atoms with Crippen LogP contribution in [0.1, 0.15) is 16.7 Å². The number of rotatable bonds is 4. The Balaban J connectivity index is 1.83. The first-order valence-electron chi connectivity index (χ1n) is 7.51. The van der Waals surface area contributed by atoms with Crippen LogP contribution in [0.5, 0.6) is 11.5 Å². The molecule has 0 saturated carbocycles. The number of hydrogen-bond acceptors (Lipinski definition) is 3. The predicted octanol–water partition coefficient (Wildman–Crippen LogP) is 4.57. The van der Waals surface area contributed by atoms with Gasteiger partial charge >= 0.3 is 0 Å². The Kier molecular flexibility index (Phi) is 5.00. The second kappa shape index (κ2) is 7.00. The minimum Gasteiger partial charge on any atom is -0.493 e. The summed E-state index contributed by atoms with van der Waals surface area (Å²) in [4.78, 5) is 2.35. The number of methoxy groups -OCH3 is 2. The molecule has 122 valence electrons. The highest BCUT2D eigenvalue weighted by atomic mass is 35.5. The lowest BCUT2D eigenvalue weighted by Gasteiger charge is -2.30. The average molecular weight is 352 g/mol. The van der Waals surface area contributed by atoms with Crippen LogP contribution < -0.4 is 9.47 Å². The van der Waals surface area contributed by atoms with Crippen molar-refractivity contribution in [2.24, 2.45) is 0 Å². The number of fused-ring (bicyclic) bond motifs is 1. The summed E-state index contributed by atoms with van der Waals surface area (Å²) in [5, 5.41) is 1.44. The van der Waals surface area contributed by atoms with E-state index in [0.29, 0.717) is 0 Å². The normalized spacial score (nSPS) is 14.4. The number of benzene rings is 2. The Bertz CT molecular complexity index is 698. The van der Waals surface area contributed by atoms with Crippen molar-refractivity contribution >= 4 is 23.2 Å². The molecule has 23 heavy (non-hydrogen) atoms. The van der Waals surface area contributed by atoms with E-state index in [0.717, 1.165) is 53.2 Å². The summed E-state index contributed by atoms with van der Waals surface area (Å²) in [6.07, 6.45) is 0.970. The Morgan fingerprint density at radius 1 is 1.00 bits per heavy atom. The topological polar surface area (TPSA) is 21.7 Å². The Labute approximate surface area is 146 Å². The quantitative estimate of drug-likeness (QED) is 0.805. The Hall–Kier alpha value is -1.42. The fraction of sp³-hybridized carbons (Fsp3) is 0.333. The molecule has 2 aromatic rings. The van der Waals surface area contributed by atoms with Gasteiger partial charge in [-0.05, 0) is 41.8 Å². The maximum atomic E-state index is 6.29. The second-order valence-corrected chi connectivity index (χ2v) is 6.45. The van der Waals surface area contributed by atoms with E-state index >= 15 is 0 Å². The SMILES string of the molecule is COc1cc2c(cc1OC)CN(Cc1c(Cl)cccc1Cl)CC2. The molecule has 3 rings (SSSR count). The highest BCUT2D eigenvalue weighted by Gasteiger charge is 2.20. The first-order valence-corrected chi connectivity index (χ1v) is 8.27. The van der Waals surface area contributed by atoms with Gasteiger partial charge in [-0.15, -0.1) is 0 Å². The van der Waals surface area contributed by atoms with Gasteiger partial charge in [0.15, 0.2) is 11.5 Å². The van der Waals surface area contributed by atoms with Gasteiger partial charge in [0, 0.05) is 35.2 Å². The zero-order valence-corrected chi connectivity index (χ0v) is 14.7. The number of nitrogens with zero attached hydrogens (tertiary/aromatic N) is 1. The molecule has 5 heteroatoms. The van der Waals surface area contributed by atoms with Gasteiger partial charge in [0.1, 0.15) is 0 Å². The van der Waals surface area contributed by atoms with Crippen LogP contribution in [0.2, 0.25) is 10.0 Å². The molecule has 3 nitrogen and oxygen atoms in total. The molecule has 1 aliphatic heterocycles. The van der Waals surface area contributed by atoms with Crippen LogP contribution in [-0.4, -0.2) is 25.7 Å². The molecule has 2 aromatic carbocycles. The summed E-state index contributed by atoms with van der Waals surface area (Å²) < 4.78 is 10.8. The van der Waals surface area contributed by atoms with Crippen LogP contribution in [0.15, 0.2) is 30.3 Å². The average Bonchev–Trinajstić information content (AvgIpc) is 2.56. The highest BCUT2D eigenvalue weighted by molar-refractivity contribution is 6.35. The smallest absolute Gasteiger partial charge is 0.161 e. The predicted molar refractivity (Wildman–Crippen MR) is 93.8 cm³/mol. The van der Waals surface area contributed by atoms with Gasteiger partial charge in [0.05, 0.1) is 14.2 Å². The fourth-order valence-corrected chi connectivity index (χ4v) is 3.50. The molecule has 0 aliphatic carbocycles. The monoisotopic (exact) mass is 351 g/mol. The summed E-state index contributed by atoms with van der Waals surface area (Å²) in [5.41, 5.74) is 3.56. The van der Waals surface area contributed by atoms with E-state index in [1.165, 1.54) is 11.1 Å². The summed E-state index contributed by atoms with van der Waals surface area (Å²) in [6.45, 7) is 2.55. The summed E-state index contributed by atoms with van der Waals surface area (Å²) in [5.74, 6) is 1.55. The summed E-state index contributed by atoms with van der Waals surface area (Å²) in [7, 11) is 3.33. The third-order valence-corrected chi connectivity index (χ3v) is 4.95. The van der Waals surface area contributed by atoms with E-state index < -0.39 is 0 Å².